The molecule has 2 aromatic carbocycles. The van der Waals surface area contributed by atoms with E-state index in [0.29, 0.717) is 13.0 Å². The number of sulfonamides is 1. The summed E-state index contributed by atoms with van der Waals surface area (Å²) in [6.45, 7) is 0.768. The second kappa shape index (κ2) is 8.99. The monoisotopic (exact) mass is 401 g/mol. The van der Waals surface area contributed by atoms with E-state index in [0.717, 1.165) is 9.87 Å². The molecule has 1 fully saturated rings. The first-order valence-electron chi connectivity index (χ1n) is 9.14. The zero-order chi connectivity index (χ0) is 20.0. The van der Waals surface area contributed by atoms with Gasteiger partial charge in [-0.1, -0.05) is 48.5 Å². The summed E-state index contributed by atoms with van der Waals surface area (Å²) in [6, 6.07) is 16.6. The maximum Gasteiger partial charge on any atom is 0.243 e. The maximum atomic E-state index is 12.9. The zero-order valence-electron chi connectivity index (χ0n) is 15.4. The number of nitrogens with zero attached hydrogens (tertiary/aromatic N) is 1. The number of benzene rings is 2. The van der Waals surface area contributed by atoms with Gasteiger partial charge in [-0.25, -0.2) is 8.42 Å². The minimum atomic E-state index is -3.86. The van der Waals surface area contributed by atoms with Crippen molar-refractivity contribution in [1.82, 2.24) is 14.9 Å². The lowest BCUT2D eigenvalue weighted by Gasteiger charge is -2.33. The predicted octanol–water partition coefficient (Wildman–Crippen LogP) is 0.925. The highest BCUT2D eigenvalue weighted by Crippen LogP contribution is 2.21. The molecule has 2 aromatic rings. The first-order valence-corrected chi connectivity index (χ1v) is 10.6. The summed E-state index contributed by atoms with van der Waals surface area (Å²) < 4.78 is 27.0. The molecule has 1 saturated heterocycles. The molecule has 7 nitrogen and oxygen atoms in total. The normalized spacial score (nSPS) is 17.7. The molecule has 2 amide bonds. The Morgan fingerprint density at radius 1 is 1.07 bits per heavy atom. The standard InChI is InChI=1S/C20H23N3O4S/c24-19(21-12-11-16-7-3-1-4-8-16)15-18-20(25)22-13-14-23(18)28(26,27)17-9-5-2-6-10-17/h1-10,18H,11-15H2,(H,21,24)(H,22,25)/t18-/m0/s1. The van der Waals surface area contributed by atoms with E-state index in [1.54, 1.807) is 18.2 Å². The van der Waals surface area contributed by atoms with Gasteiger partial charge >= 0.3 is 0 Å². The first-order chi connectivity index (χ1) is 13.5. The van der Waals surface area contributed by atoms with Crippen molar-refractivity contribution in [3.05, 3.63) is 66.2 Å². The van der Waals surface area contributed by atoms with E-state index in [1.807, 2.05) is 30.3 Å². The van der Waals surface area contributed by atoms with E-state index in [4.69, 9.17) is 0 Å². The Morgan fingerprint density at radius 3 is 2.39 bits per heavy atom. The molecule has 0 radical (unpaired) electrons. The summed E-state index contributed by atoms with van der Waals surface area (Å²) in [6.07, 6.45) is 0.447. The number of amides is 2. The van der Waals surface area contributed by atoms with Gasteiger partial charge in [0.05, 0.1) is 11.3 Å². The van der Waals surface area contributed by atoms with E-state index >= 15 is 0 Å². The number of carbonyl (C=O) groups is 2. The fourth-order valence-corrected chi connectivity index (χ4v) is 4.75. The fraction of sp³-hybridized carbons (Fsp3) is 0.300. The van der Waals surface area contributed by atoms with Crippen LogP contribution in [0.25, 0.3) is 0 Å². The average Bonchev–Trinajstić information content (AvgIpc) is 2.71. The van der Waals surface area contributed by atoms with Crippen molar-refractivity contribution in [1.29, 1.82) is 0 Å². The highest BCUT2D eigenvalue weighted by atomic mass is 32.2. The molecule has 3 rings (SSSR count). The lowest BCUT2D eigenvalue weighted by atomic mass is 10.1. The summed E-state index contributed by atoms with van der Waals surface area (Å²) in [5.41, 5.74) is 1.09. The minimum absolute atomic E-state index is 0.110. The second-order valence-corrected chi connectivity index (χ2v) is 8.42. The van der Waals surface area contributed by atoms with Crippen LogP contribution in [0.4, 0.5) is 0 Å². The zero-order valence-corrected chi connectivity index (χ0v) is 16.2. The molecule has 0 spiro atoms. The van der Waals surface area contributed by atoms with Gasteiger partial charge in [-0.2, -0.15) is 4.31 Å². The Balaban J connectivity index is 1.65. The van der Waals surface area contributed by atoms with Crippen LogP contribution < -0.4 is 10.6 Å². The summed E-state index contributed by atoms with van der Waals surface area (Å²) in [4.78, 5) is 24.8. The van der Waals surface area contributed by atoms with E-state index in [2.05, 4.69) is 10.6 Å². The van der Waals surface area contributed by atoms with Gasteiger partial charge in [-0.05, 0) is 24.1 Å². The smallest absolute Gasteiger partial charge is 0.243 e. The van der Waals surface area contributed by atoms with Crippen LogP contribution in [0.1, 0.15) is 12.0 Å². The molecule has 1 heterocycles. The Kier molecular flexibility index (Phi) is 6.43. The molecular formula is C20H23N3O4S. The molecule has 148 valence electrons. The van der Waals surface area contributed by atoms with Crippen LogP contribution in [0.15, 0.2) is 65.6 Å². The summed E-state index contributed by atoms with van der Waals surface area (Å²) in [5, 5.41) is 5.42. The minimum Gasteiger partial charge on any atom is -0.356 e. The Morgan fingerprint density at radius 2 is 1.71 bits per heavy atom. The van der Waals surface area contributed by atoms with E-state index in [9.17, 15) is 18.0 Å². The largest absolute Gasteiger partial charge is 0.356 e. The predicted molar refractivity (Wildman–Crippen MR) is 105 cm³/mol. The third-order valence-electron chi connectivity index (χ3n) is 4.59. The molecule has 0 bridgehead atoms. The van der Waals surface area contributed by atoms with E-state index in [-0.39, 0.29) is 30.3 Å². The SMILES string of the molecule is O=C(C[C@H]1C(=O)NCCN1S(=O)(=O)c1ccccc1)NCCc1ccccc1. The van der Waals surface area contributed by atoms with E-state index in [1.165, 1.54) is 12.1 Å². The molecule has 0 saturated carbocycles. The van der Waals surface area contributed by atoms with Gasteiger partial charge < -0.3 is 10.6 Å². The van der Waals surface area contributed by atoms with Crippen molar-refractivity contribution in [3.63, 3.8) is 0 Å². The molecule has 0 aromatic heterocycles. The van der Waals surface area contributed by atoms with Gasteiger partial charge in [0.25, 0.3) is 0 Å². The van der Waals surface area contributed by atoms with Crippen LogP contribution in [0, 0.1) is 0 Å². The first kappa shape index (κ1) is 20.0. The molecule has 8 heteroatoms. The molecule has 2 N–H and O–H groups in total. The number of rotatable bonds is 7. The third-order valence-corrected chi connectivity index (χ3v) is 6.51. The van der Waals surface area contributed by atoms with Crippen molar-refractivity contribution in [2.45, 2.75) is 23.8 Å². The van der Waals surface area contributed by atoms with Crippen LogP contribution in [0.3, 0.4) is 0 Å². The molecular weight excluding hydrogens is 378 g/mol. The van der Waals surface area contributed by atoms with Gasteiger partial charge in [0.2, 0.25) is 21.8 Å². The average molecular weight is 401 g/mol. The number of nitrogens with one attached hydrogen (secondary N) is 2. The highest BCUT2D eigenvalue weighted by molar-refractivity contribution is 7.89. The van der Waals surface area contributed by atoms with Gasteiger partial charge in [-0.3, -0.25) is 9.59 Å². The molecule has 1 atom stereocenters. The lowest BCUT2D eigenvalue weighted by molar-refractivity contribution is -0.131. The highest BCUT2D eigenvalue weighted by Gasteiger charge is 2.39. The second-order valence-electron chi connectivity index (χ2n) is 6.53. The molecule has 1 aliphatic heterocycles. The van der Waals surface area contributed by atoms with Crippen LogP contribution in [0.2, 0.25) is 0 Å². The van der Waals surface area contributed by atoms with Crippen molar-refractivity contribution in [2.75, 3.05) is 19.6 Å². The van der Waals surface area contributed by atoms with Crippen LogP contribution in [0.5, 0.6) is 0 Å². The van der Waals surface area contributed by atoms with Crippen molar-refractivity contribution >= 4 is 21.8 Å². The number of carbonyl (C=O) groups excluding carboxylic acids is 2. The Labute approximate surface area is 164 Å². The van der Waals surface area contributed by atoms with E-state index < -0.39 is 22.0 Å². The number of hydrogen-bond donors (Lipinski definition) is 2. The lowest BCUT2D eigenvalue weighted by Crippen LogP contribution is -2.58. The van der Waals surface area contributed by atoms with Gasteiger partial charge in [0.1, 0.15) is 6.04 Å². The molecule has 1 aliphatic rings. The molecule has 28 heavy (non-hydrogen) atoms. The van der Waals surface area contributed by atoms with Crippen molar-refractivity contribution in [2.24, 2.45) is 0 Å². The van der Waals surface area contributed by atoms with Crippen LogP contribution in [-0.2, 0) is 26.0 Å². The van der Waals surface area contributed by atoms with Gasteiger partial charge in [-0.15, -0.1) is 0 Å². The maximum absolute atomic E-state index is 12.9. The number of piperazine rings is 1. The summed E-state index contributed by atoms with van der Waals surface area (Å²) >= 11 is 0. The summed E-state index contributed by atoms with van der Waals surface area (Å²) in [5.74, 6) is -0.810. The quantitative estimate of drug-likeness (QED) is 0.721. The third kappa shape index (κ3) is 4.76. The Hall–Kier alpha value is -2.71. The topological polar surface area (TPSA) is 95.6 Å². The Bertz CT molecular complexity index is 917. The molecule has 0 unspecified atom stereocenters. The van der Waals surface area contributed by atoms with Crippen LogP contribution in [-0.4, -0.2) is 50.2 Å². The summed E-state index contributed by atoms with van der Waals surface area (Å²) in [7, 11) is -3.86. The van der Waals surface area contributed by atoms with Crippen molar-refractivity contribution < 1.29 is 18.0 Å². The van der Waals surface area contributed by atoms with Gasteiger partial charge in [0, 0.05) is 19.6 Å². The van der Waals surface area contributed by atoms with Gasteiger partial charge in [0.15, 0.2) is 0 Å². The fourth-order valence-electron chi connectivity index (χ4n) is 3.14. The van der Waals surface area contributed by atoms with Crippen LogP contribution >= 0.6 is 0 Å². The van der Waals surface area contributed by atoms with Crippen molar-refractivity contribution in [3.8, 4) is 0 Å². The number of hydrogen-bond acceptors (Lipinski definition) is 4. The molecule has 0 aliphatic carbocycles.